The minimum atomic E-state index is -0.312. The van der Waals surface area contributed by atoms with E-state index in [1.54, 1.807) is 6.07 Å². The number of rotatable bonds is 0. The highest BCUT2D eigenvalue weighted by molar-refractivity contribution is 9.10. The number of hydrogen-bond acceptors (Lipinski definition) is 1. The van der Waals surface area contributed by atoms with Gasteiger partial charge in [0.05, 0.1) is 5.02 Å². The molecule has 1 heterocycles. The molecular formula is C9H4BrClFN. The van der Waals surface area contributed by atoms with Crippen LogP contribution < -0.4 is 0 Å². The number of fused-ring (bicyclic) bond motifs is 1. The normalized spacial score (nSPS) is 10.7. The first-order valence-corrected chi connectivity index (χ1v) is 4.74. The zero-order chi connectivity index (χ0) is 9.42. The monoisotopic (exact) mass is 259 g/mol. The predicted molar refractivity (Wildman–Crippen MR) is 54.4 cm³/mol. The van der Waals surface area contributed by atoms with Gasteiger partial charge < -0.3 is 0 Å². The van der Waals surface area contributed by atoms with Gasteiger partial charge in [0.25, 0.3) is 0 Å². The van der Waals surface area contributed by atoms with Crippen molar-refractivity contribution in [3.05, 3.63) is 39.8 Å². The van der Waals surface area contributed by atoms with Crippen molar-refractivity contribution in [2.75, 3.05) is 0 Å². The van der Waals surface area contributed by atoms with Gasteiger partial charge in [-0.2, -0.15) is 0 Å². The van der Waals surface area contributed by atoms with Gasteiger partial charge in [-0.25, -0.2) is 4.39 Å². The van der Waals surface area contributed by atoms with Crippen LogP contribution in [0.1, 0.15) is 0 Å². The smallest absolute Gasteiger partial charge is 0.132 e. The van der Waals surface area contributed by atoms with Crippen LogP contribution in [0.4, 0.5) is 4.39 Å². The summed E-state index contributed by atoms with van der Waals surface area (Å²) in [7, 11) is 0. The number of aromatic nitrogens is 1. The first-order chi connectivity index (χ1) is 6.20. The van der Waals surface area contributed by atoms with Gasteiger partial charge in [-0.05, 0) is 12.1 Å². The lowest BCUT2D eigenvalue weighted by molar-refractivity contribution is 0.639. The summed E-state index contributed by atoms with van der Waals surface area (Å²) in [6, 6.07) is 3.01. The lowest BCUT2D eigenvalue weighted by atomic mass is 10.2. The van der Waals surface area contributed by atoms with Gasteiger partial charge in [-0.15, -0.1) is 0 Å². The Kier molecular flexibility index (Phi) is 2.22. The van der Waals surface area contributed by atoms with E-state index in [0.29, 0.717) is 15.8 Å². The van der Waals surface area contributed by atoms with E-state index in [9.17, 15) is 4.39 Å². The second kappa shape index (κ2) is 3.24. The maximum Gasteiger partial charge on any atom is 0.132 e. The quantitative estimate of drug-likeness (QED) is 0.702. The molecule has 0 atom stereocenters. The zero-order valence-corrected chi connectivity index (χ0v) is 8.73. The van der Waals surface area contributed by atoms with Gasteiger partial charge in [-0.3, -0.25) is 4.98 Å². The summed E-state index contributed by atoms with van der Waals surface area (Å²) >= 11 is 9.18. The first-order valence-electron chi connectivity index (χ1n) is 3.57. The van der Waals surface area contributed by atoms with Gasteiger partial charge in [-0.1, -0.05) is 27.5 Å². The number of benzene rings is 1. The fourth-order valence-electron chi connectivity index (χ4n) is 1.18. The summed E-state index contributed by atoms with van der Waals surface area (Å²) in [5.41, 5.74) is 0. The topological polar surface area (TPSA) is 12.9 Å². The fourth-order valence-corrected chi connectivity index (χ4v) is 2.11. The Labute approximate surface area is 87.7 Å². The third-order valence-electron chi connectivity index (χ3n) is 1.77. The second-order valence-electron chi connectivity index (χ2n) is 2.57. The van der Waals surface area contributed by atoms with Gasteiger partial charge in [0, 0.05) is 27.6 Å². The molecule has 13 heavy (non-hydrogen) atoms. The SMILES string of the molecule is Fc1ccc(Br)c2c(Cl)cncc12. The Morgan fingerprint density at radius 2 is 2.08 bits per heavy atom. The van der Waals surface area contributed by atoms with Gasteiger partial charge in [0.1, 0.15) is 5.82 Å². The highest BCUT2D eigenvalue weighted by Crippen LogP contribution is 2.30. The summed E-state index contributed by atoms with van der Waals surface area (Å²) in [6.07, 6.45) is 2.95. The molecule has 1 aromatic carbocycles. The van der Waals surface area contributed by atoms with Gasteiger partial charge >= 0.3 is 0 Å². The standard InChI is InChI=1S/C9H4BrClFN/c10-6-1-2-8(12)5-3-13-4-7(11)9(5)6/h1-4H. The Hall–Kier alpha value is -0.670. The maximum absolute atomic E-state index is 13.2. The van der Waals surface area contributed by atoms with Crippen LogP contribution in [0.15, 0.2) is 29.0 Å². The molecule has 1 aromatic heterocycles. The third kappa shape index (κ3) is 1.42. The van der Waals surface area contributed by atoms with Crippen LogP contribution in [0, 0.1) is 5.82 Å². The van der Waals surface area contributed by atoms with E-state index in [1.807, 2.05) is 0 Å². The van der Waals surface area contributed by atoms with E-state index in [0.717, 1.165) is 4.47 Å². The van der Waals surface area contributed by atoms with Crippen molar-refractivity contribution >= 4 is 38.3 Å². The third-order valence-corrected chi connectivity index (χ3v) is 2.72. The van der Waals surface area contributed by atoms with E-state index in [1.165, 1.54) is 18.5 Å². The molecule has 0 aliphatic rings. The molecule has 0 saturated carbocycles. The van der Waals surface area contributed by atoms with Crippen LogP contribution in [0.2, 0.25) is 5.02 Å². The molecule has 0 fully saturated rings. The Balaban J connectivity index is 3.00. The molecule has 0 bridgehead atoms. The second-order valence-corrected chi connectivity index (χ2v) is 3.83. The number of pyridine rings is 1. The largest absolute Gasteiger partial charge is 0.262 e. The molecular weight excluding hydrogens is 256 g/mol. The average molecular weight is 260 g/mol. The van der Waals surface area contributed by atoms with E-state index in [4.69, 9.17) is 11.6 Å². The van der Waals surface area contributed by atoms with Crippen molar-refractivity contribution in [2.24, 2.45) is 0 Å². The highest BCUT2D eigenvalue weighted by Gasteiger charge is 2.07. The minimum Gasteiger partial charge on any atom is -0.262 e. The maximum atomic E-state index is 13.2. The van der Waals surface area contributed by atoms with Crippen molar-refractivity contribution < 1.29 is 4.39 Å². The van der Waals surface area contributed by atoms with E-state index < -0.39 is 0 Å². The van der Waals surface area contributed by atoms with Crippen LogP contribution in [0.25, 0.3) is 10.8 Å². The fraction of sp³-hybridized carbons (Fsp3) is 0. The summed E-state index contributed by atoms with van der Waals surface area (Å²) in [5.74, 6) is -0.312. The molecule has 2 rings (SSSR count). The summed E-state index contributed by atoms with van der Waals surface area (Å²) in [6.45, 7) is 0. The number of hydrogen-bond donors (Lipinski definition) is 0. The van der Waals surface area contributed by atoms with Crippen molar-refractivity contribution in [2.45, 2.75) is 0 Å². The molecule has 2 aromatic rings. The molecule has 0 spiro atoms. The predicted octanol–water partition coefficient (Wildman–Crippen LogP) is 3.79. The molecule has 0 saturated heterocycles. The number of halogens is 3. The van der Waals surface area contributed by atoms with Crippen molar-refractivity contribution in [3.8, 4) is 0 Å². The van der Waals surface area contributed by atoms with Crippen LogP contribution in [-0.2, 0) is 0 Å². The van der Waals surface area contributed by atoms with Gasteiger partial charge in [0.2, 0.25) is 0 Å². The molecule has 0 unspecified atom stereocenters. The van der Waals surface area contributed by atoms with E-state index >= 15 is 0 Å². The van der Waals surface area contributed by atoms with Crippen LogP contribution in [0.3, 0.4) is 0 Å². The Bertz CT molecular complexity index is 464. The van der Waals surface area contributed by atoms with Crippen molar-refractivity contribution in [1.29, 1.82) is 0 Å². The van der Waals surface area contributed by atoms with E-state index in [-0.39, 0.29) is 5.82 Å². The van der Waals surface area contributed by atoms with Gasteiger partial charge in [0.15, 0.2) is 0 Å². The van der Waals surface area contributed by atoms with E-state index in [2.05, 4.69) is 20.9 Å². The lowest BCUT2D eigenvalue weighted by Gasteiger charge is -2.02. The Morgan fingerprint density at radius 1 is 1.31 bits per heavy atom. The molecule has 0 aliphatic heterocycles. The molecule has 0 aliphatic carbocycles. The first kappa shape index (κ1) is 8.91. The Morgan fingerprint density at radius 3 is 2.77 bits per heavy atom. The summed E-state index contributed by atoms with van der Waals surface area (Å²) in [4.78, 5) is 3.82. The average Bonchev–Trinajstić information content (AvgIpc) is 2.12. The van der Waals surface area contributed by atoms with Crippen LogP contribution >= 0.6 is 27.5 Å². The van der Waals surface area contributed by atoms with Crippen LogP contribution in [0.5, 0.6) is 0 Å². The molecule has 66 valence electrons. The summed E-state index contributed by atoms with van der Waals surface area (Å²) in [5, 5.41) is 1.54. The van der Waals surface area contributed by atoms with Crippen molar-refractivity contribution in [1.82, 2.24) is 4.98 Å². The molecule has 0 radical (unpaired) electrons. The zero-order valence-electron chi connectivity index (χ0n) is 6.39. The molecule has 4 heteroatoms. The molecule has 0 amide bonds. The minimum absolute atomic E-state index is 0.312. The molecule has 0 N–H and O–H groups in total. The highest BCUT2D eigenvalue weighted by atomic mass is 79.9. The van der Waals surface area contributed by atoms with Crippen molar-refractivity contribution in [3.63, 3.8) is 0 Å². The lowest BCUT2D eigenvalue weighted by Crippen LogP contribution is -1.83. The molecule has 1 nitrogen and oxygen atoms in total. The number of nitrogens with zero attached hydrogens (tertiary/aromatic N) is 1. The summed E-state index contributed by atoms with van der Waals surface area (Å²) < 4.78 is 14.0. The van der Waals surface area contributed by atoms with Crippen LogP contribution in [-0.4, -0.2) is 4.98 Å².